The summed E-state index contributed by atoms with van der Waals surface area (Å²) in [5.41, 5.74) is 0. The molecule has 1 saturated heterocycles. The number of piperidine rings is 1. The van der Waals surface area contributed by atoms with Crippen LogP contribution < -0.4 is 4.90 Å². The zero-order valence-corrected chi connectivity index (χ0v) is 12.1. The average Bonchev–Trinajstić information content (AvgIpc) is 2.49. The Morgan fingerprint density at radius 1 is 1.20 bits per heavy atom. The SMILES string of the molecule is OCCC1CCCCN1c1nnc(Cl)c2ccccc12. The summed E-state index contributed by atoms with van der Waals surface area (Å²) in [6.07, 6.45) is 4.23. The first-order chi connectivity index (χ1) is 9.81. The predicted molar refractivity (Wildman–Crippen MR) is 81.2 cm³/mol. The number of hydrogen-bond donors (Lipinski definition) is 1. The lowest BCUT2D eigenvalue weighted by atomic mass is 9.99. The van der Waals surface area contributed by atoms with E-state index in [-0.39, 0.29) is 6.61 Å². The lowest BCUT2D eigenvalue weighted by molar-refractivity contribution is 0.262. The predicted octanol–water partition coefficient (Wildman–Crippen LogP) is 3.02. The Balaban J connectivity index is 2.06. The summed E-state index contributed by atoms with van der Waals surface area (Å²) in [6.45, 7) is 1.17. The highest BCUT2D eigenvalue weighted by Crippen LogP contribution is 2.32. The third-order valence-electron chi connectivity index (χ3n) is 3.98. The first kappa shape index (κ1) is 13.6. The first-order valence-electron chi connectivity index (χ1n) is 7.09. The normalized spacial score (nSPS) is 19.5. The molecule has 1 aromatic heterocycles. The van der Waals surface area contributed by atoms with Gasteiger partial charge < -0.3 is 10.0 Å². The molecular weight excluding hydrogens is 274 g/mol. The standard InChI is InChI=1S/C15H18ClN3O/c16-14-12-6-1-2-7-13(12)15(18-17-14)19-9-4-3-5-11(19)8-10-20/h1-2,6-7,11,20H,3-5,8-10H2. The molecule has 1 aromatic carbocycles. The van der Waals surface area contributed by atoms with Gasteiger partial charge in [0, 0.05) is 30.0 Å². The quantitative estimate of drug-likeness (QED) is 0.944. The summed E-state index contributed by atoms with van der Waals surface area (Å²) < 4.78 is 0. The highest BCUT2D eigenvalue weighted by atomic mass is 35.5. The van der Waals surface area contributed by atoms with E-state index in [1.54, 1.807) is 0 Å². The van der Waals surface area contributed by atoms with Gasteiger partial charge in [0.25, 0.3) is 0 Å². The molecule has 5 heteroatoms. The van der Waals surface area contributed by atoms with Crippen LogP contribution in [0.1, 0.15) is 25.7 Å². The summed E-state index contributed by atoms with van der Waals surface area (Å²) in [4.78, 5) is 2.28. The average molecular weight is 292 g/mol. The van der Waals surface area contributed by atoms with Crippen molar-refractivity contribution in [1.82, 2.24) is 10.2 Å². The van der Waals surface area contributed by atoms with Crippen LogP contribution in [0.5, 0.6) is 0 Å². The van der Waals surface area contributed by atoms with E-state index >= 15 is 0 Å². The maximum Gasteiger partial charge on any atom is 0.159 e. The smallest absolute Gasteiger partial charge is 0.159 e. The van der Waals surface area contributed by atoms with Crippen LogP contribution in [0.4, 0.5) is 5.82 Å². The monoisotopic (exact) mass is 291 g/mol. The van der Waals surface area contributed by atoms with Crippen LogP contribution in [0.2, 0.25) is 5.15 Å². The van der Waals surface area contributed by atoms with Gasteiger partial charge in [-0.1, -0.05) is 35.9 Å². The fourth-order valence-electron chi connectivity index (χ4n) is 3.00. The molecule has 2 heterocycles. The number of anilines is 1. The molecule has 0 spiro atoms. The van der Waals surface area contributed by atoms with E-state index in [2.05, 4.69) is 15.1 Å². The maximum atomic E-state index is 9.26. The number of aliphatic hydroxyl groups is 1. The summed E-state index contributed by atoms with van der Waals surface area (Å²) in [5.74, 6) is 0.892. The molecule has 1 fully saturated rings. The minimum absolute atomic E-state index is 0.208. The molecule has 0 radical (unpaired) electrons. The van der Waals surface area contributed by atoms with Crippen molar-refractivity contribution in [3.8, 4) is 0 Å². The van der Waals surface area contributed by atoms with Crippen molar-refractivity contribution in [3.63, 3.8) is 0 Å². The molecule has 0 amide bonds. The number of benzene rings is 1. The molecule has 4 nitrogen and oxygen atoms in total. The van der Waals surface area contributed by atoms with E-state index in [9.17, 15) is 5.11 Å². The van der Waals surface area contributed by atoms with E-state index in [0.717, 1.165) is 42.4 Å². The van der Waals surface area contributed by atoms with Crippen molar-refractivity contribution in [2.75, 3.05) is 18.1 Å². The Kier molecular flexibility index (Phi) is 4.03. The molecule has 1 N–H and O–H groups in total. The third kappa shape index (κ3) is 2.45. The fraction of sp³-hybridized carbons (Fsp3) is 0.467. The Hall–Kier alpha value is -1.39. The van der Waals surface area contributed by atoms with Gasteiger partial charge >= 0.3 is 0 Å². The van der Waals surface area contributed by atoms with E-state index in [1.807, 2.05) is 24.3 Å². The van der Waals surface area contributed by atoms with Crippen molar-refractivity contribution < 1.29 is 5.11 Å². The summed E-state index contributed by atoms with van der Waals surface area (Å²) in [6, 6.07) is 8.31. The molecule has 0 bridgehead atoms. The molecule has 1 aliphatic heterocycles. The van der Waals surface area contributed by atoms with Crippen LogP contribution in [0.25, 0.3) is 10.8 Å². The zero-order valence-electron chi connectivity index (χ0n) is 11.3. The highest BCUT2D eigenvalue weighted by molar-refractivity contribution is 6.34. The number of aliphatic hydroxyl groups excluding tert-OH is 1. The van der Waals surface area contributed by atoms with Crippen LogP contribution in [0.15, 0.2) is 24.3 Å². The second kappa shape index (κ2) is 5.94. The molecule has 20 heavy (non-hydrogen) atoms. The van der Waals surface area contributed by atoms with Gasteiger partial charge in [-0.2, -0.15) is 0 Å². The largest absolute Gasteiger partial charge is 0.396 e. The van der Waals surface area contributed by atoms with Gasteiger partial charge in [-0.3, -0.25) is 0 Å². The van der Waals surface area contributed by atoms with E-state index < -0.39 is 0 Å². The molecule has 0 aliphatic carbocycles. The van der Waals surface area contributed by atoms with Crippen molar-refractivity contribution in [1.29, 1.82) is 0 Å². The number of nitrogens with zero attached hydrogens (tertiary/aromatic N) is 3. The molecule has 0 saturated carbocycles. The number of fused-ring (bicyclic) bond motifs is 1. The van der Waals surface area contributed by atoms with Gasteiger partial charge in [0.15, 0.2) is 11.0 Å². The Bertz CT molecular complexity index is 603. The molecular formula is C15H18ClN3O. The van der Waals surface area contributed by atoms with Gasteiger partial charge in [-0.25, -0.2) is 0 Å². The zero-order chi connectivity index (χ0) is 13.9. The number of rotatable bonds is 3. The summed E-state index contributed by atoms with van der Waals surface area (Å²) in [5, 5.41) is 20.1. The second-order valence-corrected chi connectivity index (χ2v) is 5.57. The molecule has 1 aliphatic rings. The molecule has 2 aromatic rings. The minimum Gasteiger partial charge on any atom is -0.396 e. The van der Waals surface area contributed by atoms with Crippen molar-refractivity contribution >= 4 is 28.2 Å². The van der Waals surface area contributed by atoms with Gasteiger partial charge in [0.2, 0.25) is 0 Å². The molecule has 3 rings (SSSR count). The summed E-state index contributed by atoms with van der Waals surface area (Å²) >= 11 is 6.13. The minimum atomic E-state index is 0.208. The molecule has 1 unspecified atom stereocenters. The third-order valence-corrected chi connectivity index (χ3v) is 4.26. The van der Waals surface area contributed by atoms with Crippen LogP contribution >= 0.6 is 11.6 Å². The van der Waals surface area contributed by atoms with Gasteiger partial charge in [-0.05, 0) is 25.7 Å². The van der Waals surface area contributed by atoms with Crippen LogP contribution in [0, 0.1) is 0 Å². The van der Waals surface area contributed by atoms with Crippen molar-refractivity contribution in [2.45, 2.75) is 31.7 Å². The maximum absolute atomic E-state index is 9.26. The van der Waals surface area contributed by atoms with Gasteiger partial charge in [0.05, 0.1) is 0 Å². The Morgan fingerprint density at radius 3 is 2.80 bits per heavy atom. The summed E-state index contributed by atoms with van der Waals surface area (Å²) in [7, 11) is 0. The van der Waals surface area contributed by atoms with Gasteiger partial charge in [0.1, 0.15) is 0 Å². The van der Waals surface area contributed by atoms with Gasteiger partial charge in [-0.15, -0.1) is 10.2 Å². The lowest BCUT2D eigenvalue weighted by Crippen LogP contribution is -2.40. The number of hydrogen-bond acceptors (Lipinski definition) is 4. The van der Waals surface area contributed by atoms with Crippen LogP contribution in [0.3, 0.4) is 0 Å². The van der Waals surface area contributed by atoms with E-state index in [1.165, 1.54) is 6.42 Å². The lowest BCUT2D eigenvalue weighted by Gasteiger charge is -2.36. The van der Waals surface area contributed by atoms with Crippen LogP contribution in [-0.2, 0) is 0 Å². The topological polar surface area (TPSA) is 49.2 Å². The fourth-order valence-corrected chi connectivity index (χ4v) is 3.20. The Morgan fingerprint density at radius 2 is 2.00 bits per heavy atom. The first-order valence-corrected chi connectivity index (χ1v) is 7.47. The molecule has 106 valence electrons. The van der Waals surface area contributed by atoms with E-state index in [4.69, 9.17) is 11.6 Å². The Labute approximate surface area is 123 Å². The van der Waals surface area contributed by atoms with E-state index in [0.29, 0.717) is 11.2 Å². The van der Waals surface area contributed by atoms with Crippen LogP contribution in [-0.4, -0.2) is 34.5 Å². The highest BCUT2D eigenvalue weighted by Gasteiger charge is 2.25. The number of halogens is 1. The number of aromatic nitrogens is 2. The van der Waals surface area contributed by atoms with Crippen molar-refractivity contribution in [2.24, 2.45) is 0 Å². The van der Waals surface area contributed by atoms with Crippen molar-refractivity contribution in [3.05, 3.63) is 29.4 Å². The second-order valence-electron chi connectivity index (χ2n) is 5.22. The molecule has 1 atom stereocenters.